The molecule has 0 amide bonds. The molecule has 0 spiro atoms. The van der Waals surface area contributed by atoms with Crippen molar-refractivity contribution in [1.29, 1.82) is 0 Å². The standard InChI is InChI=1S/C63H47B2N5O/c1-63(2,3)42-37-55-60-58(38-42)71-62-52(65(60)50-34-20-22-36-54(50)68(55)45-27-13-6-14-28-45)41-51-61(66-62)70(47-31-17-8-18-32-47)57-40-48(67(43-23-9-4-10-24-43)44-25-11-5-12-26-44)39-56-59(57)64(51)49-33-19-21-35-53(49)69(56)46-29-15-7-16-30-46/h4-41H,1-3H3. The summed E-state index contributed by atoms with van der Waals surface area (Å²) in [4.78, 5) is 15.5. The van der Waals surface area contributed by atoms with Gasteiger partial charge in [-0.1, -0.05) is 154 Å². The lowest BCUT2D eigenvalue weighted by atomic mass is 9.31. The Morgan fingerprint density at radius 1 is 0.394 bits per heavy atom. The number of para-hydroxylation sites is 7. The molecule has 4 aliphatic heterocycles. The van der Waals surface area contributed by atoms with Crippen LogP contribution in [-0.4, -0.2) is 18.4 Å². The Bertz CT molecular complexity index is 3660. The van der Waals surface area contributed by atoms with E-state index in [0.29, 0.717) is 5.88 Å². The molecule has 1 aromatic heterocycles. The molecule has 0 fully saturated rings. The van der Waals surface area contributed by atoms with Gasteiger partial charge in [-0.2, -0.15) is 4.98 Å². The minimum Gasteiger partial charge on any atom is -0.440 e. The van der Waals surface area contributed by atoms with Crippen molar-refractivity contribution in [3.05, 3.63) is 236 Å². The van der Waals surface area contributed by atoms with E-state index in [1.54, 1.807) is 0 Å². The zero-order chi connectivity index (χ0) is 47.4. The number of nitrogens with zero attached hydrogens (tertiary/aromatic N) is 5. The van der Waals surface area contributed by atoms with E-state index in [0.717, 1.165) is 90.5 Å². The maximum Gasteiger partial charge on any atom is 0.258 e. The van der Waals surface area contributed by atoms with Crippen LogP contribution in [0.15, 0.2) is 231 Å². The Labute approximate surface area is 415 Å². The Kier molecular flexibility index (Phi) is 9.24. The summed E-state index contributed by atoms with van der Waals surface area (Å²) in [5.74, 6) is 2.34. The molecule has 0 radical (unpaired) electrons. The fraction of sp³-hybridized carbons (Fsp3) is 0.0635. The van der Waals surface area contributed by atoms with E-state index in [2.05, 4.69) is 271 Å². The highest BCUT2D eigenvalue weighted by Gasteiger charge is 2.48. The van der Waals surface area contributed by atoms with Crippen LogP contribution >= 0.6 is 0 Å². The molecule has 0 saturated heterocycles. The molecule has 10 aromatic rings. The Morgan fingerprint density at radius 3 is 1.35 bits per heavy atom. The molecule has 0 bridgehead atoms. The number of benzene rings is 9. The number of anilines is 12. The summed E-state index contributed by atoms with van der Waals surface area (Å²) in [7, 11) is 0. The molecule has 5 heterocycles. The first-order chi connectivity index (χ1) is 34.9. The summed E-state index contributed by atoms with van der Waals surface area (Å²) in [5, 5.41) is 0. The third-order valence-electron chi connectivity index (χ3n) is 14.8. The summed E-state index contributed by atoms with van der Waals surface area (Å²) < 4.78 is 7.35. The van der Waals surface area contributed by atoms with Crippen molar-refractivity contribution in [3.8, 4) is 11.6 Å². The van der Waals surface area contributed by atoms with Crippen LogP contribution in [0, 0.1) is 0 Å². The number of fused-ring (bicyclic) bond motifs is 8. The molecular weight excluding hydrogens is 864 g/mol. The van der Waals surface area contributed by atoms with Crippen molar-refractivity contribution in [1.82, 2.24) is 4.98 Å². The Balaban J connectivity index is 1.07. The maximum atomic E-state index is 7.35. The van der Waals surface area contributed by atoms with Crippen molar-refractivity contribution >= 4 is 115 Å². The largest absolute Gasteiger partial charge is 0.440 e. The quantitative estimate of drug-likeness (QED) is 0.155. The SMILES string of the molecule is CC(C)(C)c1cc2c3c(c1)N(c1ccccc1)c1ccccc1B3c1cc3c(nc1O2)N(c1ccccc1)c1cc(N(c2ccccc2)c2ccccc2)cc2c1B3c1ccccc1N2c1ccccc1. The first-order valence-corrected chi connectivity index (χ1v) is 24.6. The van der Waals surface area contributed by atoms with Gasteiger partial charge in [0.05, 0.1) is 5.69 Å². The van der Waals surface area contributed by atoms with Gasteiger partial charge in [-0.3, -0.25) is 4.90 Å². The van der Waals surface area contributed by atoms with E-state index < -0.39 is 0 Å². The molecule has 336 valence electrons. The molecule has 8 heteroatoms. The molecule has 0 atom stereocenters. The first kappa shape index (κ1) is 41.3. The van der Waals surface area contributed by atoms with E-state index in [4.69, 9.17) is 9.72 Å². The van der Waals surface area contributed by atoms with Gasteiger partial charge < -0.3 is 19.4 Å². The van der Waals surface area contributed by atoms with Crippen LogP contribution in [0.25, 0.3) is 0 Å². The third kappa shape index (κ3) is 6.41. The van der Waals surface area contributed by atoms with Crippen LogP contribution < -0.4 is 57.1 Å². The van der Waals surface area contributed by atoms with Crippen molar-refractivity contribution in [2.75, 3.05) is 19.6 Å². The van der Waals surface area contributed by atoms with Gasteiger partial charge in [0.2, 0.25) is 5.88 Å². The monoisotopic (exact) mass is 911 g/mol. The zero-order valence-electron chi connectivity index (χ0n) is 39.7. The van der Waals surface area contributed by atoms with E-state index in [1.807, 2.05) is 0 Å². The number of rotatable bonds is 6. The summed E-state index contributed by atoms with van der Waals surface area (Å²) >= 11 is 0. The van der Waals surface area contributed by atoms with Gasteiger partial charge in [-0.05, 0) is 141 Å². The number of ether oxygens (including phenoxy) is 1. The number of hydrogen-bond donors (Lipinski definition) is 0. The maximum absolute atomic E-state index is 7.35. The topological polar surface area (TPSA) is 35.1 Å². The average Bonchev–Trinajstić information content (AvgIpc) is 3.41. The van der Waals surface area contributed by atoms with Crippen molar-refractivity contribution in [2.24, 2.45) is 0 Å². The molecule has 71 heavy (non-hydrogen) atoms. The first-order valence-electron chi connectivity index (χ1n) is 24.6. The molecule has 0 saturated carbocycles. The minimum absolute atomic E-state index is 0.134. The fourth-order valence-electron chi connectivity index (χ4n) is 11.7. The summed E-state index contributed by atoms with van der Waals surface area (Å²) in [6.45, 7) is 6.55. The van der Waals surface area contributed by atoms with Crippen LogP contribution in [0.3, 0.4) is 0 Å². The van der Waals surface area contributed by atoms with Gasteiger partial charge in [-0.25, -0.2) is 0 Å². The van der Waals surface area contributed by atoms with E-state index in [1.165, 1.54) is 22.0 Å². The summed E-state index contributed by atoms with van der Waals surface area (Å²) in [6, 6.07) is 83.5. The second-order valence-electron chi connectivity index (χ2n) is 20.0. The van der Waals surface area contributed by atoms with Gasteiger partial charge in [0.15, 0.2) is 0 Å². The second-order valence-corrected chi connectivity index (χ2v) is 20.0. The van der Waals surface area contributed by atoms with Gasteiger partial charge in [0, 0.05) is 56.9 Å². The number of aromatic nitrogens is 1. The molecule has 0 N–H and O–H groups in total. The lowest BCUT2D eigenvalue weighted by molar-refractivity contribution is 0.465. The predicted molar refractivity (Wildman–Crippen MR) is 297 cm³/mol. The van der Waals surface area contributed by atoms with Crippen molar-refractivity contribution in [3.63, 3.8) is 0 Å². The van der Waals surface area contributed by atoms with Gasteiger partial charge in [0.25, 0.3) is 13.4 Å². The van der Waals surface area contributed by atoms with E-state index >= 15 is 0 Å². The highest BCUT2D eigenvalue weighted by atomic mass is 16.5. The van der Waals surface area contributed by atoms with Crippen LogP contribution in [0.5, 0.6) is 11.6 Å². The van der Waals surface area contributed by atoms with Gasteiger partial charge in [-0.15, -0.1) is 0 Å². The number of pyridine rings is 1. The third-order valence-corrected chi connectivity index (χ3v) is 14.8. The Hall–Kier alpha value is -8.74. The highest BCUT2D eigenvalue weighted by Crippen LogP contribution is 2.49. The second kappa shape index (κ2) is 15.9. The normalized spacial score (nSPS) is 13.5. The van der Waals surface area contributed by atoms with Crippen molar-refractivity contribution < 1.29 is 4.74 Å². The van der Waals surface area contributed by atoms with Crippen LogP contribution in [0.1, 0.15) is 26.3 Å². The predicted octanol–water partition coefficient (Wildman–Crippen LogP) is 12.3. The molecule has 9 aromatic carbocycles. The zero-order valence-corrected chi connectivity index (χ0v) is 39.7. The molecule has 0 aliphatic carbocycles. The molecule has 0 unspecified atom stereocenters. The fourth-order valence-corrected chi connectivity index (χ4v) is 11.7. The van der Waals surface area contributed by atoms with Crippen molar-refractivity contribution in [2.45, 2.75) is 26.2 Å². The van der Waals surface area contributed by atoms with E-state index in [-0.39, 0.29) is 18.8 Å². The number of hydrogen-bond acceptors (Lipinski definition) is 6. The van der Waals surface area contributed by atoms with Crippen LogP contribution in [0.4, 0.5) is 68.4 Å². The van der Waals surface area contributed by atoms with Crippen LogP contribution in [0.2, 0.25) is 0 Å². The smallest absolute Gasteiger partial charge is 0.258 e. The summed E-state index contributed by atoms with van der Waals surface area (Å²) in [6.07, 6.45) is 0. The minimum atomic E-state index is -0.163. The molecule has 6 nitrogen and oxygen atoms in total. The average molecular weight is 912 g/mol. The molecule has 4 aliphatic rings. The lowest BCUT2D eigenvalue weighted by Crippen LogP contribution is -2.64. The van der Waals surface area contributed by atoms with E-state index in [9.17, 15) is 0 Å². The lowest BCUT2D eigenvalue weighted by Gasteiger charge is -2.45. The molecule has 14 rings (SSSR count). The van der Waals surface area contributed by atoms with Gasteiger partial charge >= 0.3 is 0 Å². The summed E-state index contributed by atoms with van der Waals surface area (Å²) in [5.41, 5.74) is 20.1. The Morgan fingerprint density at radius 2 is 0.831 bits per heavy atom. The van der Waals surface area contributed by atoms with Crippen LogP contribution in [-0.2, 0) is 5.41 Å². The van der Waals surface area contributed by atoms with Gasteiger partial charge in [0.1, 0.15) is 11.6 Å². The highest BCUT2D eigenvalue weighted by molar-refractivity contribution is 7.02. The molecular formula is C63H47B2N5O.